The summed E-state index contributed by atoms with van der Waals surface area (Å²) in [4.78, 5) is 1.03. The summed E-state index contributed by atoms with van der Waals surface area (Å²) in [5.41, 5.74) is 6.37. The van der Waals surface area contributed by atoms with E-state index < -0.39 is 0 Å². The van der Waals surface area contributed by atoms with Crippen molar-refractivity contribution in [2.45, 2.75) is 11.4 Å². The van der Waals surface area contributed by atoms with E-state index in [9.17, 15) is 4.39 Å². The van der Waals surface area contributed by atoms with Crippen LogP contribution in [0.3, 0.4) is 0 Å². The van der Waals surface area contributed by atoms with Gasteiger partial charge in [0.25, 0.3) is 0 Å². The zero-order valence-electron chi connectivity index (χ0n) is 8.13. The Morgan fingerprint density at radius 1 is 1.50 bits per heavy atom. The van der Waals surface area contributed by atoms with E-state index in [1.165, 1.54) is 12.1 Å². The highest BCUT2D eigenvalue weighted by atomic mass is 32.2. The van der Waals surface area contributed by atoms with Crippen LogP contribution in [0.1, 0.15) is 5.56 Å². The van der Waals surface area contributed by atoms with Crippen LogP contribution < -0.4 is 5.73 Å². The summed E-state index contributed by atoms with van der Waals surface area (Å²) in [6, 6.07) is 4.70. The minimum atomic E-state index is -0.235. The van der Waals surface area contributed by atoms with E-state index in [-0.39, 0.29) is 5.82 Å². The van der Waals surface area contributed by atoms with Gasteiger partial charge in [0.05, 0.1) is 6.61 Å². The molecule has 0 aliphatic carbocycles. The summed E-state index contributed by atoms with van der Waals surface area (Å²) in [7, 11) is 1.66. The molecule has 0 radical (unpaired) electrons. The van der Waals surface area contributed by atoms with Crippen LogP contribution in [-0.4, -0.2) is 19.5 Å². The average molecular weight is 215 g/mol. The third-order valence-electron chi connectivity index (χ3n) is 1.79. The number of hydrogen-bond acceptors (Lipinski definition) is 3. The largest absolute Gasteiger partial charge is 0.384 e. The maximum atomic E-state index is 12.8. The lowest BCUT2D eigenvalue weighted by Crippen LogP contribution is -2.00. The van der Waals surface area contributed by atoms with Crippen molar-refractivity contribution < 1.29 is 9.13 Å². The third kappa shape index (κ3) is 3.29. The second-order valence-electron chi connectivity index (χ2n) is 2.80. The Labute approximate surface area is 87.6 Å². The van der Waals surface area contributed by atoms with Gasteiger partial charge < -0.3 is 10.5 Å². The highest BCUT2D eigenvalue weighted by molar-refractivity contribution is 7.99. The van der Waals surface area contributed by atoms with Gasteiger partial charge in [0.15, 0.2) is 0 Å². The van der Waals surface area contributed by atoms with E-state index in [1.807, 2.05) is 0 Å². The molecular weight excluding hydrogens is 201 g/mol. The Morgan fingerprint density at radius 3 is 2.93 bits per heavy atom. The van der Waals surface area contributed by atoms with Gasteiger partial charge in [-0.2, -0.15) is 0 Å². The summed E-state index contributed by atoms with van der Waals surface area (Å²) in [5.74, 6) is 0.622. The smallest absolute Gasteiger partial charge is 0.123 e. The van der Waals surface area contributed by atoms with Gasteiger partial charge in [-0.15, -0.1) is 11.8 Å². The van der Waals surface area contributed by atoms with Crippen molar-refractivity contribution in [2.24, 2.45) is 5.73 Å². The molecule has 2 N–H and O–H groups in total. The summed E-state index contributed by atoms with van der Waals surface area (Å²) >= 11 is 1.63. The Balaban J connectivity index is 2.65. The van der Waals surface area contributed by atoms with Gasteiger partial charge >= 0.3 is 0 Å². The highest BCUT2D eigenvalue weighted by Gasteiger charge is 2.02. The molecule has 0 amide bonds. The van der Waals surface area contributed by atoms with E-state index in [0.29, 0.717) is 13.2 Å². The summed E-state index contributed by atoms with van der Waals surface area (Å²) in [5, 5.41) is 0. The van der Waals surface area contributed by atoms with Gasteiger partial charge in [0.1, 0.15) is 5.82 Å². The zero-order valence-corrected chi connectivity index (χ0v) is 8.94. The van der Waals surface area contributed by atoms with Gasteiger partial charge in [-0.1, -0.05) is 0 Å². The Hall–Kier alpha value is -0.580. The predicted octanol–water partition coefficient (Wildman–Crippen LogP) is 2.02. The van der Waals surface area contributed by atoms with Gasteiger partial charge in [0.2, 0.25) is 0 Å². The number of thioether (sulfide) groups is 1. The summed E-state index contributed by atoms with van der Waals surface area (Å²) in [6.45, 7) is 1.05. The number of nitrogens with two attached hydrogens (primary N) is 1. The third-order valence-corrected chi connectivity index (χ3v) is 2.87. The Bertz CT molecular complexity index is 293. The zero-order chi connectivity index (χ0) is 10.4. The lowest BCUT2D eigenvalue weighted by Gasteiger charge is -2.06. The first kappa shape index (κ1) is 11.5. The molecule has 0 saturated carbocycles. The van der Waals surface area contributed by atoms with Crippen LogP contribution in [0.2, 0.25) is 0 Å². The number of halogens is 1. The van der Waals surface area contributed by atoms with Crippen LogP contribution in [0.4, 0.5) is 4.39 Å². The van der Waals surface area contributed by atoms with E-state index in [4.69, 9.17) is 10.5 Å². The van der Waals surface area contributed by atoms with Crippen molar-refractivity contribution in [2.75, 3.05) is 19.5 Å². The fraction of sp³-hybridized carbons (Fsp3) is 0.400. The molecule has 0 saturated heterocycles. The van der Waals surface area contributed by atoms with Crippen LogP contribution >= 0.6 is 11.8 Å². The average Bonchev–Trinajstić information content (AvgIpc) is 2.20. The molecule has 0 aromatic heterocycles. The topological polar surface area (TPSA) is 35.2 Å². The summed E-state index contributed by atoms with van der Waals surface area (Å²) < 4.78 is 17.8. The molecule has 1 rings (SSSR count). The lowest BCUT2D eigenvalue weighted by atomic mass is 10.2. The first-order valence-electron chi connectivity index (χ1n) is 4.38. The maximum absolute atomic E-state index is 12.8. The molecule has 0 spiro atoms. The van der Waals surface area contributed by atoms with Crippen molar-refractivity contribution in [3.05, 3.63) is 29.6 Å². The van der Waals surface area contributed by atoms with Gasteiger partial charge in [-0.05, 0) is 23.8 Å². The molecule has 2 nitrogen and oxygen atoms in total. The molecule has 0 heterocycles. The van der Waals surface area contributed by atoms with Crippen LogP contribution in [0.15, 0.2) is 23.1 Å². The standard InChI is InChI=1S/C10H14FNOS/c1-13-4-5-14-10-3-2-9(11)6-8(10)7-12/h2-3,6H,4-5,7,12H2,1H3. The molecule has 1 aromatic carbocycles. The molecule has 1 aromatic rings. The van der Waals surface area contributed by atoms with Gasteiger partial charge in [-0.25, -0.2) is 4.39 Å². The fourth-order valence-electron chi connectivity index (χ4n) is 1.08. The van der Waals surface area contributed by atoms with E-state index in [0.717, 1.165) is 16.2 Å². The SMILES string of the molecule is COCCSc1ccc(F)cc1CN. The Morgan fingerprint density at radius 2 is 2.29 bits per heavy atom. The van der Waals surface area contributed by atoms with Gasteiger partial charge in [0, 0.05) is 24.3 Å². The van der Waals surface area contributed by atoms with Crippen molar-refractivity contribution in [1.29, 1.82) is 0 Å². The van der Waals surface area contributed by atoms with Crippen LogP contribution in [0.5, 0.6) is 0 Å². The molecule has 0 aliphatic rings. The Kier molecular flexibility index (Phi) is 4.93. The second-order valence-corrected chi connectivity index (χ2v) is 3.93. The van der Waals surface area contributed by atoms with E-state index in [1.54, 1.807) is 24.9 Å². The molecule has 0 aliphatic heterocycles. The van der Waals surface area contributed by atoms with Crippen molar-refractivity contribution in [3.8, 4) is 0 Å². The van der Waals surface area contributed by atoms with E-state index in [2.05, 4.69) is 0 Å². The second kappa shape index (κ2) is 6.01. The van der Waals surface area contributed by atoms with E-state index >= 15 is 0 Å². The number of rotatable bonds is 5. The monoisotopic (exact) mass is 215 g/mol. The first-order chi connectivity index (χ1) is 6.77. The maximum Gasteiger partial charge on any atom is 0.123 e. The van der Waals surface area contributed by atoms with Crippen molar-refractivity contribution in [1.82, 2.24) is 0 Å². The predicted molar refractivity (Wildman–Crippen MR) is 56.9 cm³/mol. The minimum absolute atomic E-state index is 0.235. The number of methoxy groups -OCH3 is 1. The van der Waals surface area contributed by atoms with Crippen LogP contribution in [0, 0.1) is 5.82 Å². The fourth-order valence-corrected chi connectivity index (χ4v) is 2.05. The van der Waals surface area contributed by atoms with Crippen LogP contribution in [-0.2, 0) is 11.3 Å². The molecule has 14 heavy (non-hydrogen) atoms. The molecule has 0 unspecified atom stereocenters. The molecule has 78 valence electrons. The number of hydrogen-bond donors (Lipinski definition) is 1. The first-order valence-corrected chi connectivity index (χ1v) is 5.36. The minimum Gasteiger partial charge on any atom is -0.384 e. The normalized spacial score (nSPS) is 10.5. The van der Waals surface area contributed by atoms with Gasteiger partial charge in [-0.3, -0.25) is 0 Å². The molecule has 0 fully saturated rings. The van der Waals surface area contributed by atoms with Crippen molar-refractivity contribution >= 4 is 11.8 Å². The molecular formula is C10H14FNOS. The molecule has 0 bridgehead atoms. The van der Waals surface area contributed by atoms with Crippen LogP contribution in [0.25, 0.3) is 0 Å². The quantitative estimate of drug-likeness (QED) is 0.603. The highest BCUT2D eigenvalue weighted by Crippen LogP contribution is 2.23. The number of benzene rings is 1. The number of ether oxygens (including phenoxy) is 1. The molecule has 4 heteroatoms. The lowest BCUT2D eigenvalue weighted by molar-refractivity contribution is 0.218. The summed E-state index contributed by atoms with van der Waals surface area (Å²) in [6.07, 6.45) is 0. The molecule has 0 atom stereocenters. The van der Waals surface area contributed by atoms with Crippen molar-refractivity contribution in [3.63, 3.8) is 0 Å².